The second-order valence-corrected chi connectivity index (χ2v) is 15.9. The summed E-state index contributed by atoms with van der Waals surface area (Å²) in [6.45, 7) is 0. The van der Waals surface area contributed by atoms with Crippen LogP contribution in [0.3, 0.4) is 0 Å². The van der Waals surface area contributed by atoms with Crippen molar-refractivity contribution in [3.8, 4) is 34.6 Å². The van der Waals surface area contributed by atoms with Crippen LogP contribution in [0.4, 0.5) is 13.2 Å². The van der Waals surface area contributed by atoms with E-state index in [4.69, 9.17) is 0 Å². The van der Waals surface area contributed by atoms with Crippen molar-refractivity contribution in [2.24, 2.45) is 14.1 Å². The third-order valence-corrected chi connectivity index (χ3v) is 12.9. The van der Waals surface area contributed by atoms with E-state index < -0.39 is 11.7 Å². The van der Waals surface area contributed by atoms with Gasteiger partial charge in [-0.2, -0.15) is 23.7 Å². The lowest BCUT2D eigenvalue weighted by molar-refractivity contribution is -0.137. The highest BCUT2D eigenvalue weighted by molar-refractivity contribution is 6.27. The zero-order valence-electron chi connectivity index (χ0n) is 33.3. The first kappa shape index (κ1) is 35.7. The molecule has 6 nitrogen and oxygen atoms in total. The molecule has 0 bridgehead atoms. The highest BCUT2D eigenvalue weighted by atomic mass is 19.4. The number of rotatable bonds is 3. The number of alkyl halides is 3. The molecule has 62 heavy (non-hydrogen) atoms. The normalized spacial score (nSPS) is 12.2. The lowest BCUT2D eigenvalue weighted by Gasteiger charge is -2.24. The van der Waals surface area contributed by atoms with Gasteiger partial charge in [-0.05, 0) is 60.7 Å². The van der Waals surface area contributed by atoms with E-state index in [0.717, 1.165) is 93.3 Å². The Morgan fingerprint density at radius 2 is 0.887 bits per heavy atom. The molecule has 0 saturated carbocycles. The highest BCUT2D eigenvalue weighted by Crippen LogP contribution is 2.50. The van der Waals surface area contributed by atoms with Gasteiger partial charge in [0.05, 0.1) is 73.3 Å². The number of fused-ring (bicyclic) bond motifs is 14. The van der Waals surface area contributed by atoms with E-state index >= 15 is 13.2 Å². The molecule has 0 fully saturated rings. The number of benzene rings is 8. The smallest absolute Gasteiger partial charge is 0.344 e. The number of nitriles is 2. The maximum Gasteiger partial charge on any atom is 0.417 e. The number of halogens is 3. The van der Waals surface area contributed by atoms with Crippen LogP contribution in [0, 0.1) is 22.7 Å². The molecular formula is C53H31F3N6. The van der Waals surface area contributed by atoms with Gasteiger partial charge in [-0.25, -0.2) is 0 Å². The summed E-state index contributed by atoms with van der Waals surface area (Å²) in [5.41, 5.74) is 6.68. The van der Waals surface area contributed by atoms with Crippen molar-refractivity contribution in [1.82, 2.24) is 18.3 Å². The summed E-state index contributed by atoms with van der Waals surface area (Å²) in [6.07, 6.45) is -4.85. The van der Waals surface area contributed by atoms with E-state index in [1.54, 1.807) is 12.1 Å². The van der Waals surface area contributed by atoms with Gasteiger partial charge >= 0.3 is 6.18 Å². The number of aromatic nitrogens is 4. The topological polar surface area (TPSA) is 67.3 Å². The minimum absolute atomic E-state index is 0.140. The summed E-state index contributed by atoms with van der Waals surface area (Å²) >= 11 is 0. The Bertz CT molecular complexity index is 3810. The Kier molecular flexibility index (Phi) is 7.26. The number of hydrogen-bond acceptors (Lipinski definition) is 2. The first-order valence-corrected chi connectivity index (χ1v) is 20.2. The average molecular weight is 809 g/mol. The van der Waals surface area contributed by atoms with E-state index in [0.29, 0.717) is 11.4 Å². The molecule has 8 aromatic carbocycles. The van der Waals surface area contributed by atoms with E-state index in [9.17, 15) is 10.5 Å². The molecule has 9 heteroatoms. The molecule has 294 valence electrons. The van der Waals surface area contributed by atoms with Crippen LogP contribution in [0.5, 0.6) is 0 Å². The average Bonchev–Trinajstić information content (AvgIpc) is 4.00. The van der Waals surface area contributed by atoms with Crippen LogP contribution >= 0.6 is 0 Å². The number of nitrogens with zero attached hydrogens (tertiary/aromatic N) is 6. The molecule has 12 aromatic rings. The number of aryl methyl sites for hydroxylation is 2. The number of para-hydroxylation sites is 4. The van der Waals surface area contributed by atoms with Crippen molar-refractivity contribution in [2.45, 2.75) is 6.18 Å². The second kappa shape index (κ2) is 12.6. The van der Waals surface area contributed by atoms with Gasteiger partial charge in [-0.3, -0.25) is 0 Å². The maximum absolute atomic E-state index is 15.7. The third kappa shape index (κ3) is 4.62. The van der Waals surface area contributed by atoms with Gasteiger partial charge in [0.1, 0.15) is 0 Å². The van der Waals surface area contributed by atoms with Crippen molar-refractivity contribution in [1.29, 1.82) is 10.5 Å². The summed E-state index contributed by atoms with van der Waals surface area (Å²) in [5, 5.41) is 29.2. The minimum atomic E-state index is -4.85. The summed E-state index contributed by atoms with van der Waals surface area (Å²) in [6, 6.07) is 52.0. The molecule has 0 aliphatic heterocycles. The predicted molar refractivity (Wildman–Crippen MR) is 243 cm³/mol. The Hall–Kier alpha value is -8.27. The molecule has 0 N–H and O–H groups in total. The Labute approximate surface area is 351 Å². The van der Waals surface area contributed by atoms with Crippen LogP contribution in [0.15, 0.2) is 152 Å². The van der Waals surface area contributed by atoms with Gasteiger partial charge in [-0.1, -0.05) is 91.0 Å². The van der Waals surface area contributed by atoms with Crippen molar-refractivity contribution in [2.75, 3.05) is 0 Å². The fourth-order valence-electron chi connectivity index (χ4n) is 10.3. The second-order valence-electron chi connectivity index (χ2n) is 15.9. The molecule has 0 unspecified atom stereocenters. The van der Waals surface area contributed by atoms with E-state index in [1.807, 2.05) is 96.0 Å². The van der Waals surface area contributed by atoms with Crippen LogP contribution in [0.25, 0.3) is 110 Å². The molecule has 0 aliphatic rings. The van der Waals surface area contributed by atoms with Crippen molar-refractivity contribution in [3.05, 3.63) is 168 Å². The van der Waals surface area contributed by atoms with Crippen LogP contribution in [0.2, 0.25) is 0 Å². The van der Waals surface area contributed by atoms with Crippen molar-refractivity contribution in [3.63, 3.8) is 0 Å². The monoisotopic (exact) mass is 808 g/mol. The Morgan fingerprint density at radius 3 is 1.34 bits per heavy atom. The van der Waals surface area contributed by atoms with Crippen LogP contribution in [0.1, 0.15) is 16.7 Å². The molecule has 0 atom stereocenters. The lowest BCUT2D eigenvalue weighted by Crippen LogP contribution is -2.12. The molecule has 0 radical (unpaired) electrons. The SMILES string of the molecule is Cn1c2ccccc2c2c1ccc1c3ccccc3n(-c3cc(C#N)cc(-n4c5ccccc5c5ccc6c(c7ccccc7n6C)c54)c3-c3c(C#N)cccc3C(F)(F)F)c12. The quantitative estimate of drug-likeness (QED) is 0.178. The molecule has 0 amide bonds. The van der Waals surface area contributed by atoms with Crippen molar-refractivity contribution < 1.29 is 13.2 Å². The summed E-state index contributed by atoms with van der Waals surface area (Å²) < 4.78 is 55.5. The molecule has 0 aliphatic carbocycles. The summed E-state index contributed by atoms with van der Waals surface area (Å²) in [5.74, 6) is 0. The molecule has 0 spiro atoms. The van der Waals surface area contributed by atoms with Gasteiger partial charge in [0.25, 0.3) is 0 Å². The van der Waals surface area contributed by atoms with E-state index in [1.165, 1.54) is 12.1 Å². The first-order valence-electron chi connectivity index (χ1n) is 20.2. The fraction of sp³-hybridized carbons (Fsp3) is 0.0566. The van der Waals surface area contributed by atoms with Crippen LogP contribution < -0.4 is 0 Å². The first-order chi connectivity index (χ1) is 30.2. The predicted octanol–water partition coefficient (Wildman–Crippen LogP) is 13.6. The van der Waals surface area contributed by atoms with Gasteiger partial charge in [0.2, 0.25) is 0 Å². The molecule has 4 aromatic heterocycles. The number of hydrogen-bond donors (Lipinski definition) is 0. The highest BCUT2D eigenvalue weighted by Gasteiger charge is 2.37. The van der Waals surface area contributed by atoms with Crippen molar-refractivity contribution >= 4 is 87.2 Å². The largest absolute Gasteiger partial charge is 0.417 e. The molecule has 12 rings (SSSR count). The molecule has 0 saturated heterocycles. The van der Waals surface area contributed by atoms with Gasteiger partial charge in [-0.15, -0.1) is 0 Å². The lowest BCUT2D eigenvalue weighted by atomic mass is 9.90. The van der Waals surface area contributed by atoms with Gasteiger partial charge < -0.3 is 18.3 Å². The van der Waals surface area contributed by atoms with E-state index in [-0.39, 0.29) is 22.3 Å². The maximum atomic E-state index is 15.7. The van der Waals surface area contributed by atoms with Crippen LogP contribution in [-0.4, -0.2) is 18.3 Å². The standard InChI is InChI=1S/C53H31F3N6/c1-59-39-18-7-5-15-36(39)48-43(59)24-22-34-32-13-3-9-20-41(32)61(51(34)48)45-26-30(28-57)27-46(50(45)47-31(29-58)12-11-17-38(47)53(54,55)56)62-42-21-10-4-14-33(42)35-23-25-44-49(52(35)62)37-16-6-8-19-40(37)60(44)2/h3-27H,1-2H3. The summed E-state index contributed by atoms with van der Waals surface area (Å²) in [7, 11) is 4.02. The Balaban J connectivity index is 1.39. The van der Waals surface area contributed by atoms with E-state index in [2.05, 4.69) is 69.8 Å². The van der Waals surface area contributed by atoms with Crippen LogP contribution in [-0.2, 0) is 20.3 Å². The zero-order valence-corrected chi connectivity index (χ0v) is 33.3. The molecule has 4 heterocycles. The zero-order chi connectivity index (χ0) is 42.2. The Morgan fingerprint density at radius 1 is 0.435 bits per heavy atom. The van der Waals surface area contributed by atoms with Gasteiger partial charge in [0.15, 0.2) is 0 Å². The fourth-order valence-corrected chi connectivity index (χ4v) is 10.3. The third-order valence-electron chi connectivity index (χ3n) is 12.9. The molecular weight excluding hydrogens is 778 g/mol. The van der Waals surface area contributed by atoms with Gasteiger partial charge in [0, 0.05) is 79.3 Å². The summed E-state index contributed by atoms with van der Waals surface area (Å²) in [4.78, 5) is 0. The minimum Gasteiger partial charge on any atom is -0.344 e.